The highest BCUT2D eigenvalue weighted by molar-refractivity contribution is 7.07. The van der Waals surface area contributed by atoms with Crippen molar-refractivity contribution < 1.29 is 28.9 Å². The predicted molar refractivity (Wildman–Crippen MR) is 142 cm³/mol. The number of allylic oxidation sites excluding steroid dienone is 1. The molecule has 0 bridgehead atoms. The lowest BCUT2D eigenvalue weighted by atomic mass is 9.93. The minimum atomic E-state index is -1.07. The van der Waals surface area contributed by atoms with Crippen molar-refractivity contribution in [3.63, 3.8) is 0 Å². The number of hydrogen-bond acceptors (Lipinski definition) is 8. The maximum Gasteiger partial charge on any atom is 0.341 e. The second-order valence-corrected chi connectivity index (χ2v) is 9.42. The molecular weight excluding hydrogens is 508 g/mol. The largest absolute Gasteiger partial charge is 0.496 e. The third-order valence-electron chi connectivity index (χ3n) is 5.87. The molecule has 0 unspecified atom stereocenters. The molecule has 0 aliphatic carbocycles. The fourth-order valence-corrected chi connectivity index (χ4v) is 5.28. The van der Waals surface area contributed by atoms with E-state index < -0.39 is 24.6 Å². The lowest BCUT2D eigenvalue weighted by Gasteiger charge is -2.26. The minimum absolute atomic E-state index is 0.191. The highest BCUT2D eigenvalue weighted by atomic mass is 32.1. The maximum atomic E-state index is 13.8. The Bertz CT molecular complexity index is 1550. The van der Waals surface area contributed by atoms with E-state index in [1.54, 1.807) is 50.4 Å². The number of esters is 1. The van der Waals surface area contributed by atoms with Crippen LogP contribution in [0.1, 0.15) is 43.9 Å². The van der Waals surface area contributed by atoms with E-state index in [2.05, 4.69) is 0 Å². The number of carboxylic acid groups (broad SMARTS) is 1. The Labute approximate surface area is 222 Å². The molecule has 4 rings (SSSR count). The normalized spacial score (nSPS) is 15.0. The molecule has 0 spiro atoms. The number of nitrogens with zero attached hydrogens (tertiary/aromatic N) is 2. The maximum absolute atomic E-state index is 13.8. The number of aromatic nitrogens is 1. The summed E-state index contributed by atoms with van der Waals surface area (Å²) >= 11 is 1.24. The molecule has 1 aromatic heterocycles. The number of fused-ring (bicyclic) bond motifs is 1. The number of aliphatic carboxylic acids is 1. The van der Waals surface area contributed by atoms with E-state index in [4.69, 9.17) is 24.3 Å². The van der Waals surface area contributed by atoms with E-state index in [1.165, 1.54) is 15.9 Å². The quantitative estimate of drug-likeness (QED) is 0.396. The van der Waals surface area contributed by atoms with Gasteiger partial charge in [0.25, 0.3) is 5.56 Å². The molecule has 1 aliphatic rings. The smallest absolute Gasteiger partial charge is 0.341 e. The standard InChI is InChI=1S/C28H28N2O7S/c1-4-8-20-24(27(34)36-5-2)25(19-9-6-7-10-21(19)35-3)30-26(33)22(38-28(30)29-20)15-17-11-13-18(14-12-17)37-16-23(31)32/h6-7,9-15,25H,4-5,8,16H2,1-3H3,(H,31,32)/b22-15-/t25-/m1/s1. The molecule has 0 fully saturated rings. The average Bonchev–Trinajstić information content (AvgIpc) is 3.22. The van der Waals surface area contributed by atoms with Crippen molar-refractivity contribution in [3.8, 4) is 11.5 Å². The molecule has 1 atom stereocenters. The third kappa shape index (κ3) is 5.55. The third-order valence-corrected chi connectivity index (χ3v) is 6.85. The van der Waals surface area contributed by atoms with E-state index in [9.17, 15) is 14.4 Å². The zero-order chi connectivity index (χ0) is 27.2. The van der Waals surface area contributed by atoms with E-state index in [0.29, 0.717) is 44.1 Å². The summed E-state index contributed by atoms with van der Waals surface area (Å²) in [6, 6.07) is 13.3. The van der Waals surface area contributed by atoms with Gasteiger partial charge in [-0.1, -0.05) is 55.0 Å². The van der Waals surface area contributed by atoms with Gasteiger partial charge in [0.1, 0.15) is 17.5 Å². The zero-order valence-corrected chi connectivity index (χ0v) is 22.1. The van der Waals surface area contributed by atoms with Crippen molar-refractivity contribution in [3.05, 3.63) is 90.6 Å². The number of thiazole rings is 1. The number of ether oxygens (including phenoxy) is 3. The number of rotatable bonds is 10. The summed E-state index contributed by atoms with van der Waals surface area (Å²) in [6.07, 6.45) is 3.03. The zero-order valence-electron chi connectivity index (χ0n) is 21.3. The van der Waals surface area contributed by atoms with Gasteiger partial charge in [0.2, 0.25) is 0 Å². The first kappa shape index (κ1) is 26.9. The summed E-state index contributed by atoms with van der Waals surface area (Å²) in [6.45, 7) is 3.49. The summed E-state index contributed by atoms with van der Waals surface area (Å²) in [4.78, 5) is 43.0. The fraction of sp³-hybridized carbons (Fsp3) is 0.286. The molecule has 2 heterocycles. The molecular formula is C28H28N2O7S. The number of carbonyl (C=O) groups is 2. The Kier molecular flexibility index (Phi) is 8.42. The Morgan fingerprint density at radius 2 is 1.87 bits per heavy atom. The van der Waals surface area contributed by atoms with Crippen LogP contribution in [0.5, 0.6) is 11.5 Å². The van der Waals surface area contributed by atoms with Gasteiger partial charge in [-0.3, -0.25) is 9.36 Å². The second kappa shape index (κ2) is 11.9. The van der Waals surface area contributed by atoms with Crippen molar-refractivity contribution in [2.45, 2.75) is 32.7 Å². The van der Waals surface area contributed by atoms with Gasteiger partial charge in [0, 0.05) is 5.56 Å². The van der Waals surface area contributed by atoms with Crippen molar-refractivity contribution in [1.29, 1.82) is 0 Å². The monoisotopic (exact) mass is 536 g/mol. The van der Waals surface area contributed by atoms with Gasteiger partial charge in [0.15, 0.2) is 11.4 Å². The number of para-hydroxylation sites is 1. The lowest BCUT2D eigenvalue weighted by molar-refractivity contribution is -0.140. The van der Waals surface area contributed by atoms with Crippen LogP contribution in [0.15, 0.2) is 69.6 Å². The van der Waals surface area contributed by atoms with E-state index in [0.717, 1.165) is 12.0 Å². The highest BCUT2D eigenvalue weighted by Crippen LogP contribution is 2.36. The molecule has 0 amide bonds. The number of benzene rings is 2. The van der Waals surface area contributed by atoms with Crippen LogP contribution in [0, 0.1) is 0 Å². The van der Waals surface area contributed by atoms with Crippen LogP contribution in [0.2, 0.25) is 0 Å². The Hall–Kier alpha value is -4.18. The number of methoxy groups -OCH3 is 1. The SMILES string of the molecule is CCCC1=C(C(=O)OCC)[C@@H](c2ccccc2OC)n2c(s/c(=C\c3ccc(OCC(=O)O)cc3)c2=O)=N1. The Morgan fingerprint density at radius 1 is 1.13 bits per heavy atom. The van der Waals surface area contributed by atoms with E-state index >= 15 is 0 Å². The van der Waals surface area contributed by atoms with E-state index in [1.807, 2.05) is 25.1 Å². The number of carboxylic acids is 1. The van der Waals surface area contributed by atoms with Crippen molar-refractivity contribution >= 4 is 29.4 Å². The first-order valence-electron chi connectivity index (χ1n) is 12.2. The molecule has 2 aromatic carbocycles. The van der Waals surface area contributed by atoms with Crippen molar-refractivity contribution in [1.82, 2.24) is 4.57 Å². The molecule has 198 valence electrons. The number of hydrogen-bond donors (Lipinski definition) is 1. The molecule has 1 N–H and O–H groups in total. The highest BCUT2D eigenvalue weighted by Gasteiger charge is 2.35. The van der Waals surface area contributed by atoms with Gasteiger partial charge < -0.3 is 19.3 Å². The fourth-order valence-electron chi connectivity index (χ4n) is 4.26. The van der Waals surface area contributed by atoms with Gasteiger partial charge >= 0.3 is 11.9 Å². The summed E-state index contributed by atoms with van der Waals surface area (Å²) < 4.78 is 18.2. The van der Waals surface area contributed by atoms with Crippen LogP contribution in [0.25, 0.3) is 6.08 Å². The van der Waals surface area contributed by atoms with Crippen LogP contribution in [-0.4, -0.2) is 41.9 Å². The van der Waals surface area contributed by atoms with Crippen LogP contribution >= 0.6 is 11.3 Å². The summed E-state index contributed by atoms with van der Waals surface area (Å²) in [5.41, 5.74) is 2.01. The molecule has 0 saturated heterocycles. The van der Waals surface area contributed by atoms with Crippen molar-refractivity contribution in [2.75, 3.05) is 20.3 Å². The first-order chi connectivity index (χ1) is 18.4. The molecule has 0 radical (unpaired) electrons. The first-order valence-corrected chi connectivity index (χ1v) is 13.0. The Balaban J connectivity index is 1.89. The molecule has 0 saturated carbocycles. The van der Waals surface area contributed by atoms with Gasteiger partial charge in [-0.15, -0.1) is 0 Å². The molecule has 38 heavy (non-hydrogen) atoms. The lowest BCUT2D eigenvalue weighted by Crippen LogP contribution is -2.40. The predicted octanol–water partition coefficient (Wildman–Crippen LogP) is 3.05. The summed E-state index contributed by atoms with van der Waals surface area (Å²) in [5, 5.41) is 8.79. The van der Waals surface area contributed by atoms with Crippen LogP contribution in [0.4, 0.5) is 0 Å². The topological polar surface area (TPSA) is 116 Å². The minimum Gasteiger partial charge on any atom is -0.496 e. The Morgan fingerprint density at radius 3 is 2.53 bits per heavy atom. The van der Waals surface area contributed by atoms with Gasteiger partial charge in [-0.05, 0) is 43.2 Å². The van der Waals surface area contributed by atoms with Crippen LogP contribution < -0.4 is 24.4 Å². The number of carbonyl (C=O) groups excluding carboxylic acids is 1. The van der Waals surface area contributed by atoms with Gasteiger partial charge in [0.05, 0.1) is 29.5 Å². The van der Waals surface area contributed by atoms with E-state index in [-0.39, 0.29) is 12.2 Å². The molecule has 9 nitrogen and oxygen atoms in total. The molecule has 1 aliphatic heterocycles. The van der Waals surface area contributed by atoms with Crippen LogP contribution in [-0.2, 0) is 14.3 Å². The molecule has 3 aromatic rings. The summed E-state index contributed by atoms with van der Waals surface area (Å²) in [5.74, 6) is -0.625. The average molecular weight is 537 g/mol. The van der Waals surface area contributed by atoms with Crippen LogP contribution in [0.3, 0.4) is 0 Å². The second-order valence-electron chi connectivity index (χ2n) is 8.41. The van der Waals surface area contributed by atoms with Crippen molar-refractivity contribution in [2.24, 2.45) is 4.99 Å². The summed E-state index contributed by atoms with van der Waals surface area (Å²) in [7, 11) is 1.55. The van der Waals surface area contributed by atoms with Gasteiger partial charge in [-0.2, -0.15) is 0 Å². The molecule has 10 heteroatoms. The van der Waals surface area contributed by atoms with Gasteiger partial charge in [-0.25, -0.2) is 14.6 Å².